The molecule has 1 aromatic carbocycles. The van der Waals surface area contributed by atoms with E-state index in [2.05, 4.69) is 5.32 Å². The van der Waals surface area contributed by atoms with E-state index in [9.17, 15) is 9.59 Å². The molecule has 0 fully saturated rings. The van der Waals surface area contributed by atoms with Gasteiger partial charge in [0, 0.05) is 12.2 Å². The summed E-state index contributed by atoms with van der Waals surface area (Å²) in [6.45, 7) is 4.18. The van der Waals surface area contributed by atoms with Crippen LogP contribution in [0.2, 0.25) is 0 Å². The van der Waals surface area contributed by atoms with Crippen molar-refractivity contribution in [3.8, 4) is 0 Å². The quantitative estimate of drug-likeness (QED) is 0.761. The average Bonchev–Trinajstić information content (AvgIpc) is 2.43. The minimum atomic E-state index is -1.10. The third-order valence-electron chi connectivity index (χ3n) is 2.87. The van der Waals surface area contributed by atoms with Gasteiger partial charge >= 0.3 is 5.97 Å². The van der Waals surface area contributed by atoms with E-state index < -0.39 is 12.0 Å². The fourth-order valence-electron chi connectivity index (χ4n) is 1.88. The van der Waals surface area contributed by atoms with Crippen LogP contribution in [0, 0.1) is 0 Å². The first kappa shape index (κ1) is 16.2. The molecule has 1 rings (SSSR count). The lowest BCUT2D eigenvalue weighted by Gasteiger charge is -2.15. The van der Waals surface area contributed by atoms with E-state index in [1.807, 2.05) is 19.1 Å². The Hall–Kier alpha value is -1.88. The van der Waals surface area contributed by atoms with Crippen LogP contribution in [-0.2, 0) is 16.0 Å². The van der Waals surface area contributed by atoms with Crippen LogP contribution in [0.3, 0.4) is 0 Å². The molecule has 2 N–H and O–H groups in total. The summed E-state index contributed by atoms with van der Waals surface area (Å²) >= 11 is 0. The molecule has 5 nitrogen and oxygen atoms in total. The normalized spacial score (nSPS) is 11.9. The molecular weight excluding hydrogens is 258 g/mol. The van der Waals surface area contributed by atoms with Gasteiger partial charge in [0.15, 0.2) is 6.04 Å². The number of carboxylic acid groups (broad SMARTS) is 1. The Kier molecular flexibility index (Phi) is 6.73. The van der Waals surface area contributed by atoms with Crippen molar-refractivity contribution in [2.75, 3.05) is 13.2 Å². The lowest BCUT2D eigenvalue weighted by molar-refractivity contribution is -0.140. The maximum Gasteiger partial charge on any atom is 0.328 e. The van der Waals surface area contributed by atoms with Crippen molar-refractivity contribution in [1.29, 1.82) is 0 Å². The van der Waals surface area contributed by atoms with Gasteiger partial charge in [-0.3, -0.25) is 4.79 Å². The van der Waals surface area contributed by atoms with Crippen molar-refractivity contribution < 1.29 is 19.4 Å². The molecule has 0 aliphatic heterocycles. The molecular formula is C15H21NO4. The van der Waals surface area contributed by atoms with Gasteiger partial charge in [-0.1, -0.05) is 31.5 Å². The summed E-state index contributed by atoms with van der Waals surface area (Å²) in [4.78, 5) is 23.3. The van der Waals surface area contributed by atoms with Gasteiger partial charge < -0.3 is 15.2 Å². The third-order valence-corrected chi connectivity index (χ3v) is 2.87. The molecule has 20 heavy (non-hydrogen) atoms. The van der Waals surface area contributed by atoms with Gasteiger partial charge in [0.25, 0.3) is 5.91 Å². The van der Waals surface area contributed by atoms with E-state index >= 15 is 0 Å². The number of rotatable bonds is 8. The Balaban J connectivity index is 2.80. The Morgan fingerprint density at radius 1 is 1.30 bits per heavy atom. The molecule has 0 saturated heterocycles. The highest BCUT2D eigenvalue weighted by Gasteiger charge is 2.21. The molecule has 0 spiro atoms. The number of carboxylic acids is 1. The number of aliphatic carboxylic acids is 1. The van der Waals surface area contributed by atoms with E-state index in [1.165, 1.54) is 0 Å². The SMILES string of the molecule is CCCc1ccccc1C(=O)NC(COCC)C(=O)O. The Morgan fingerprint density at radius 3 is 2.60 bits per heavy atom. The monoisotopic (exact) mass is 279 g/mol. The van der Waals surface area contributed by atoms with E-state index in [-0.39, 0.29) is 12.5 Å². The maximum atomic E-state index is 12.2. The van der Waals surface area contributed by atoms with Crippen LogP contribution in [0.15, 0.2) is 24.3 Å². The molecule has 0 saturated carbocycles. The largest absolute Gasteiger partial charge is 0.480 e. The zero-order valence-corrected chi connectivity index (χ0v) is 11.9. The fourth-order valence-corrected chi connectivity index (χ4v) is 1.88. The second kappa shape index (κ2) is 8.32. The number of hydrogen-bond donors (Lipinski definition) is 2. The zero-order valence-electron chi connectivity index (χ0n) is 11.9. The second-order valence-electron chi connectivity index (χ2n) is 4.43. The number of hydrogen-bond acceptors (Lipinski definition) is 3. The summed E-state index contributed by atoms with van der Waals surface area (Å²) in [6, 6.07) is 6.21. The number of carbonyl (C=O) groups excluding carboxylic acids is 1. The molecule has 0 aromatic heterocycles. The highest BCUT2D eigenvalue weighted by atomic mass is 16.5. The lowest BCUT2D eigenvalue weighted by Crippen LogP contribution is -2.44. The van der Waals surface area contributed by atoms with Crippen LogP contribution in [0.4, 0.5) is 0 Å². The van der Waals surface area contributed by atoms with Crippen molar-refractivity contribution >= 4 is 11.9 Å². The summed E-state index contributed by atoms with van der Waals surface area (Å²) < 4.78 is 5.08. The molecule has 0 bridgehead atoms. The first-order chi connectivity index (χ1) is 9.60. The van der Waals surface area contributed by atoms with Gasteiger partial charge in [-0.2, -0.15) is 0 Å². The zero-order chi connectivity index (χ0) is 15.0. The molecule has 110 valence electrons. The van der Waals surface area contributed by atoms with Crippen LogP contribution in [0.5, 0.6) is 0 Å². The minimum absolute atomic E-state index is 0.0342. The van der Waals surface area contributed by atoms with Crippen LogP contribution in [-0.4, -0.2) is 36.2 Å². The Labute approximate surface area is 118 Å². The minimum Gasteiger partial charge on any atom is -0.480 e. The van der Waals surface area contributed by atoms with Crippen molar-refractivity contribution in [1.82, 2.24) is 5.32 Å². The maximum absolute atomic E-state index is 12.2. The van der Waals surface area contributed by atoms with Crippen molar-refractivity contribution in [3.05, 3.63) is 35.4 Å². The van der Waals surface area contributed by atoms with Gasteiger partial charge in [0.2, 0.25) is 0 Å². The number of aryl methyl sites for hydroxylation is 1. The highest BCUT2D eigenvalue weighted by Crippen LogP contribution is 2.11. The van der Waals surface area contributed by atoms with Crippen LogP contribution in [0.25, 0.3) is 0 Å². The van der Waals surface area contributed by atoms with E-state index in [1.54, 1.807) is 19.1 Å². The molecule has 1 amide bonds. The van der Waals surface area contributed by atoms with E-state index in [0.717, 1.165) is 18.4 Å². The van der Waals surface area contributed by atoms with E-state index in [4.69, 9.17) is 9.84 Å². The molecule has 5 heteroatoms. The molecule has 0 heterocycles. The molecule has 0 radical (unpaired) electrons. The van der Waals surface area contributed by atoms with Crippen molar-refractivity contribution in [3.63, 3.8) is 0 Å². The number of benzene rings is 1. The predicted molar refractivity (Wildman–Crippen MR) is 75.8 cm³/mol. The van der Waals surface area contributed by atoms with Gasteiger partial charge in [-0.05, 0) is 25.0 Å². The highest BCUT2D eigenvalue weighted by molar-refractivity contribution is 5.97. The smallest absolute Gasteiger partial charge is 0.328 e. The van der Waals surface area contributed by atoms with Crippen LogP contribution in [0.1, 0.15) is 36.2 Å². The first-order valence-electron chi connectivity index (χ1n) is 6.79. The summed E-state index contributed by atoms with van der Waals surface area (Å²) in [5.41, 5.74) is 1.45. The summed E-state index contributed by atoms with van der Waals surface area (Å²) in [7, 11) is 0. The van der Waals surface area contributed by atoms with Gasteiger partial charge in [0.05, 0.1) is 6.61 Å². The topological polar surface area (TPSA) is 75.6 Å². The average molecular weight is 279 g/mol. The van der Waals surface area contributed by atoms with Crippen molar-refractivity contribution in [2.24, 2.45) is 0 Å². The second-order valence-corrected chi connectivity index (χ2v) is 4.43. The van der Waals surface area contributed by atoms with Crippen molar-refractivity contribution in [2.45, 2.75) is 32.7 Å². The fraction of sp³-hybridized carbons (Fsp3) is 0.467. The molecule has 0 aliphatic rings. The Bertz CT molecular complexity index is 459. The number of nitrogens with one attached hydrogen (secondary N) is 1. The molecule has 1 aromatic rings. The predicted octanol–water partition coefficient (Wildman–Crippen LogP) is 1.86. The number of carbonyl (C=O) groups is 2. The summed E-state index contributed by atoms with van der Waals surface area (Å²) in [5.74, 6) is -1.47. The van der Waals surface area contributed by atoms with Gasteiger partial charge in [-0.15, -0.1) is 0 Å². The third kappa shape index (κ3) is 4.66. The number of amides is 1. The lowest BCUT2D eigenvalue weighted by atomic mass is 10.0. The molecule has 1 unspecified atom stereocenters. The van der Waals surface area contributed by atoms with Crippen LogP contribution < -0.4 is 5.32 Å². The van der Waals surface area contributed by atoms with Gasteiger partial charge in [-0.25, -0.2) is 4.79 Å². The number of ether oxygens (including phenoxy) is 1. The Morgan fingerprint density at radius 2 is 2.00 bits per heavy atom. The van der Waals surface area contributed by atoms with Gasteiger partial charge in [0.1, 0.15) is 0 Å². The summed E-state index contributed by atoms with van der Waals surface area (Å²) in [5, 5.41) is 11.6. The summed E-state index contributed by atoms with van der Waals surface area (Å²) in [6.07, 6.45) is 1.71. The standard InChI is InChI=1S/C15H21NO4/c1-3-7-11-8-5-6-9-12(11)14(17)16-13(15(18)19)10-20-4-2/h5-6,8-9,13H,3-4,7,10H2,1-2H3,(H,16,17)(H,18,19). The van der Waals surface area contributed by atoms with E-state index in [0.29, 0.717) is 12.2 Å². The first-order valence-corrected chi connectivity index (χ1v) is 6.79. The molecule has 0 aliphatic carbocycles. The molecule has 1 atom stereocenters. The van der Waals surface area contributed by atoms with Crippen LogP contribution >= 0.6 is 0 Å².